The number of thiophene rings is 1. The summed E-state index contributed by atoms with van der Waals surface area (Å²) in [4.78, 5) is 17.2. The number of carbonyl (C=O) groups excluding carboxylic acids is 1. The molecule has 0 radical (unpaired) electrons. The van der Waals surface area contributed by atoms with Crippen molar-refractivity contribution in [2.45, 2.75) is 58.6 Å². The van der Waals surface area contributed by atoms with Crippen LogP contribution in [0.2, 0.25) is 0 Å². The highest BCUT2D eigenvalue weighted by Gasteiger charge is 2.26. The van der Waals surface area contributed by atoms with Gasteiger partial charge < -0.3 is 9.64 Å². The van der Waals surface area contributed by atoms with Crippen molar-refractivity contribution in [3.8, 4) is 0 Å². The molecule has 0 unspecified atom stereocenters. The van der Waals surface area contributed by atoms with Crippen LogP contribution in [0, 0.1) is 6.92 Å². The van der Waals surface area contributed by atoms with E-state index in [0.717, 1.165) is 51.8 Å². The highest BCUT2D eigenvalue weighted by Crippen LogP contribution is 2.20. The highest BCUT2D eigenvalue weighted by atomic mass is 32.1. The van der Waals surface area contributed by atoms with Gasteiger partial charge in [-0.05, 0) is 44.7 Å². The Balaban J connectivity index is 1.99. The van der Waals surface area contributed by atoms with Crippen LogP contribution in [0.4, 0.5) is 0 Å². The molecule has 1 saturated heterocycles. The summed E-state index contributed by atoms with van der Waals surface area (Å²) < 4.78 is 5.66. The van der Waals surface area contributed by atoms with Gasteiger partial charge in [-0.2, -0.15) is 0 Å². The molecule has 1 atom stereocenters. The monoisotopic (exact) mass is 295 g/mol. The lowest BCUT2D eigenvalue weighted by Crippen LogP contribution is -2.41. The second kappa shape index (κ2) is 7.79. The quantitative estimate of drug-likeness (QED) is 0.800. The molecule has 112 valence electrons. The fourth-order valence-electron chi connectivity index (χ4n) is 2.51. The summed E-state index contributed by atoms with van der Waals surface area (Å²) >= 11 is 1.78. The number of unbranched alkanes of at least 4 members (excludes halogenated alkanes) is 1. The number of hydrogen-bond donors (Lipinski definition) is 0. The van der Waals surface area contributed by atoms with E-state index in [1.54, 1.807) is 11.3 Å². The maximum Gasteiger partial charge on any atom is 0.252 e. The molecule has 1 amide bonds. The Morgan fingerprint density at radius 1 is 1.45 bits per heavy atom. The van der Waals surface area contributed by atoms with Gasteiger partial charge >= 0.3 is 0 Å². The molecule has 0 spiro atoms. The van der Waals surface area contributed by atoms with Crippen molar-refractivity contribution in [1.82, 2.24) is 4.90 Å². The van der Waals surface area contributed by atoms with Crippen LogP contribution in [-0.2, 0) is 16.1 Å². The molecule has 2 heterocycles. The third kappa shape index (κ3) is 4.32. The lowest BCUT2D eigenvalue weighted by molar-refractivity contribution is -0.147. The molecule has 0 saturated carbocycles. The average molecular weight is 295 g/mol. The van der Waals surface area contributed by atoms with Gasteiger partial charge in [-0.15, -0.1) is 11.3 Å². The summed E-state index contributed by atoms with van der Waals surface area (Å²) in [7, 11) is 0. The summed E-state index contributed by atoms with van der Waals surface area (Å²) in [5.41, 5.74) is 0. The minimum atomic E-state index is -0.207. The van der Waals surface area contributed by atoms with E-state index in [4.69, 9.17) is 4.74 Å². The van der Waals surface area contributed by atoms with Crippen LogP contribution in [0.3, 0.4) is 0 Å². The number of hydrogen-bond acceptors (Lipinski definition) is 3. The van der Waals surface area contributed by atoms with Crippen molar-refractivity contribution in [3.05, 3.63) is 21.9 Å². The molecule has 1 aromatic rings. The van der Waals surface area contributed by atoms with E-state index in [1.165, 1.54) is 9.75 Å². The molecule has 1 aliphatic heterocycles. The Labute approximate surface area is 125 Å². The number of carbonyl (C=O) groups is 1. The molecule has 0 aromatic carbocycles. The third-order valence-electron chi connectivity index (χ3n) is 3.69. The summed E-state index contributed by atoms with van der Waals surface area (Å²) in [5.74, 6) is 0.184. The Bertz CT molecular complexity index is 424. The fourth-order valence-corrected chi connectivity index (χ4v) is 3.42. The molecule has 4 heteroatoms. The predicted octanol–water partition coefficient (Wildman–Crippen LogP) is 3.75. The molecule has 0 bridgehead atoms. The number of amides is 1. The summed E-state index contributed by atoms with van der Waals surface area (Å²) in [5, 5.41) is 0. The lowest BCUT2D eigenvalue weighted by atomic mass is 10.1. The van der Waals surface area contributed by atoms with Gasteiger partial charge in [0.2, 0.25) is 0 Å². The molecule has 1 fully saturated rings. The largest absolute Gasteiger partial charge is 0.368 e. The number of rotatable bonds is 6. The zero-order valence-electron chi connectivity index (χ0n) is 12.6. The van der Waals surface area contributed by atoms with E-state index in [2.05, 4.69) is 26.0 Å². The molecule has 0 aliphatic carbocycles. The smallest absolute Gasteiger partial charge is 0.252 e. The number of nitrogens with zero attached hydrogens (tertiary/aromatic N) is 1. The second-order valence-electron chi connectivity index (χ2n) is 5.48. The third-order valence-corrected chi connectivity index (χ3v) is 4.68. The van der Waals surface area contributed by atoms with Crippen molar-refractivity contribution in [2.75, 3.05) is 13.2 Å². The standard InChI is InChI=1S/C16H25NO2S/c1-3-4-10-17(12-14-9-8-13(2)20-14)16(18)15-7-5-6-11-19-15/h8-9,15H,3-7,10-12H2,1-2H3/t15-/m0/s1. The summed E-state index contributed by atoms with van der Waals surface area (Å²) in [6.45, 7) is 6.57. The first-order valence-corrected chi connectivity index (χ1v) is 8.48. The highest BCUT2D eigenvalue weighted by molar-refractivity contribution is 7.11. The normalized spacial score (nSPS) is 19.0. The number of ether oxygens (including phenoxy) is 1. The Hall–Kier alpha value is -0.870. The molecule has 0 N–H and O–H groups in total. The first-order valence-electron chi connectivity index (χ1n) is 7.66. The second-order valence-corrected chi connectivity index (χ2v) is 6.85. The molecule has 1 aromatic heterocycles. The minimum absolute atomic E-state index is 0.184. The first kappa shape index (κ1) is 15.5. The van der Waals surface area contributed by atoms with Crippen LogP contribution in [0.25, 0.3) is 0 Å². The molecule has 2 rings (SSSR count). The predicted molar refractivity (Wildman–Crippen MR) is 83.0 cm³/mol. The Kier molecular flexibility index (Phi) is 6.05. The van der Waals surface area contributed by atoms with Crippen molar-refractivity contribution in [3.63, 3.8) is 0 Å². The maximum absolute atomic E-state index is 12.6. The molecular formula is C16H25NO2S. The maximum atomic E-state index is 12.6. The summed E-state index contributed by atoms with van der Waals surface area (Å²) in [6.07, 6.45) is 5.03. The fraction of sp³-hybridized carbons (Fsp3) is 0.688. The SMILES string of the molecule is CCCCN(Cc1ccc(C)s1)C(=O)[C@@H]1CCCCO1. The topological polar surface area (TPSA) is 29.5 Å². The first-order chi connectivity index (χ1) is 9.70. The van der Waals surface area contributed by atoms with Gasteiger partial charge in [-0.25, -0.2) is 0 Å². The van der Waals surface area contributed by atoms with Gasteiger partial charge in [-0.1, -0.05) is 13.3 Å². The van der Waals surface area contributed by atoms with Gasteiger partial charge in [0.1, 0.15) is 6.10 Å². The molecule has 3 nitrogen and oxygen atoms in total. The van der Waals surface area contributed by atoms with Crippen LogP contribution >= 0.6 is 11.3 Å². The average Bonchev–Trinajstić information content (AvgIpc) is 2.89. The van der Waals surface area contributed by atoms with Crippen LogP contribution in [-0.4, -0.2) is 30.1 Å². The van der Waals surface area contributed by atoms with E-state index < -0.39 is 0 Å². The van der Waals surface area contributed by atoms with E-state index in [0.29, 0.717) is 0 Å². The zero-order chi connectivity index (χ0) is 14.4. The molecule has 1 aliphatic rings. The van der Waals surface area contributed by atoms with E-state index in [-0.39, 0.29) is 12.0 Å². The van der Waals surface area contributed by atoms with Gasteiger partial charge in [-0.3, -0.25) is 4.79 Å². The van der Waals surface area contributed by atoms with Gasteiger partial charge in [0.15, 0.2) is 0 Å². The van der Waals surface area contributed by atoms with Crippen LogP contribution in [0.5, 0.6) is 0 Å². The van der Waals surface area contributed by atoms with Crippen molar-refractivity contribution in [1.29, 1.82) is 0 Å². The number of aryl methyl sites for hydroxylation is 1. The lowest BCUT2D eigenvalue weighted by Gasteiger charge is -2.29. The van der Waals surface area contributed by atoms with Crippen molar-refractivity contribution >= 4 is 17.2 Å². The summed E-state index contributed by atoms with van der Waals surface area (Å²) in [6, 6.07) is 4.26. The van der Waals surface area contributed by atoms with E-state index in [9.17, 15) is 4.79 Å². The molecule has 20 heavy (non-hydrogen) atoms. The van der Waals surface area contributed by atoms with E-state index >= 15 is 0 Å². The zero-order valence-corrected chi connectivity index (χ0v) is 13.4. The van der Waals surface area contributed by atoms with Gasteiger partial charge in [0, 0.05) is 22.9 Å². The van der Waals surface area contributed by atoms with E-state index in [1.807, 2.05) is 4.90 Å². The van der Waals surface area contributed by atoms with Crippen LogP contribution in [0.1, 0.15) is 48.8 Å². The Morgan fingerprint density at radius 2 is 2.30 bits per heavy atom. The Morgan fingerprint density at radius 3 is 2.90 bits per heavy atom. The van der Waals surface area contributed by atoms with Crippen molar-refractivity contribution < 1.29 is 9.53 Å². The van der Waals surface area contributed by atoms with Gasteiger partial charge in [0.25, 0.3) is 5.91 Å². The van der Waals surface area contributed by atoms with Gasteiger partial charge in [0.05, 0.1) is 6.54 Å². The van der Waals surface area contributed by atoms with Crippen LogP contribution in [0.15, 0.2) is 12.1 Å². The van der Waals surface area contributed by atoms with Crippen molar-refractivity contribution in [2.24, 2.45) is 0 Å². The van der Waals surface area contributed by atoms with Crippen LogP contribution < -0.4 is 0 Å². The molecular weight excluding hydrogens is 270 g/mol. The minimum Gasteiger partial charge on any atom is -0.368 e.